The summed E-state index contributed by atoms with van der Waals surface area (Å²) in [5.41, 5.74) is 3.76. The number of halogens is 1. The zero-order chi connectivity index (χ0) is 16.7. The predicted molar refractivity (Wildman–Crippen MR) is 115 cm³/mol. The first-order chi connectivity index (χ1) is 11.1. The average molecular weight is 458 g/mol. The van der Waals surface area contributed by atoms with Crippen molar-refractivity contribution in [3.63, 3.8) is 0 Å². The van der Waals surface area contributed by atoms with E-state index < -0.39 is 0 Å². The minimum absolute atomic E-state index is 0. The topological polar surface area (TPSA) is 49.3 Å². The third-order valence-corrected chi connectivity index (χ3v) is 4.74. The fourth-order valence-electron chi connectivity index (χ4n) is 2.44. The second kappa shape index (κ2) is 10.7. The largest absolute Gasteiger partial charge is 0.356 e. The summed E-state index contributed by atoms with van der Waals surface area (Å²) in [6, 6.07) is 8.50. The summed E-state index contributed by atoms with van der Waals surface area (Å²) in [7, 11) is 1.80. The van der Waals surface area contributed by atoms with Crippen LogP contribution in [0.15, 0.2) is 29.3 Å². The molecule has 1 aromatic carbocycles. The lowest BCUT2D eigenvalue weighted by Gasteiger charge is -2.11. The molecule has 0 aliphatic carbocycles. The third kappa shape index (κ3) is 6.39. The van der Waals surface area contributed by atoms with Crippen LogP contribution in [0.25, 0.3) is 0 Å². The Morgan fingerprint density at radius 2 is 2.04 bits per heavy atom. The summed E-state index contributed by atoms with van der Waals surface area (Å²) in [6.07, 6.45) is 1.94. The van der Waals surface area contributed by atoms with Crippen molar-refractivity contribution in [2.45, 2.75) is 40.2 Å². The van der Waals surface area contributed by atoms with Crippen LogP contribution in [0.2, 0.25) is 0 Å². The molecule has 0 saturated heterocycles. The standard InChI is InChI=1S/C18H26N4S.HI/c1-5-16-14(3)23-17(22-16)9-10-20-18(19-4)21-12-15-8-6-7-13(2)11-15;/h6-8,11H,5,9-10,12H2,1-4H3,(H2,19,20,21);1H. The number of nitrogens with zero attached hydrogens (tertiary/aromatic N) is 2. The fraction of sp³-hybridized carbons (Fsp3) is 0.444. The number of rotatable bonds is 6. The van der Waals surface area contributed by atoms with Gasteiger partial charge in [0, 0.05) is 31.4 Å². The number of guanidine groups is 1. The maximum Gasteiger partial charge on any atom is 0.191 e. The van der Waals surface area contributed by atoms with Gasteiger partial charge in [0.05, 0.1) is 10.7 Å². The molecule has 0 fully saturated rings. The second-order valence-corrected chi connectivity index (χ2v) is 6.84. The summed E-state index contributed by atoms with van der Waals surface area (Å²) < 4.78 is 0. The smallest absolute Gasteiger partial charge is 0.191 e. The number of hydrogen-bond donors (Lipinski definition) is 2. The molecule has 1 aromatic heterocycles. The first-order valence-electron chi connectivity index (χ1n) is 8.07. The predicted octanol–water partition coefficient (Wildman–Crippen LogP) is 3.85. The minimum Gasteiger partial charge on any atom is -0.356 e. The SMILES string of the molecule is CCc1nc(CCNC(=NC)NCc2cccc(C)c2)sc1C.I. The van der Waals surface area contributed by atoms with Crippen LogP contribution in [0.3, 0.4) is 0 Å². The van der Waals surface area contributed by atoms with Crippen molar-refractivity contribution in [1.29, 1.82) is 0 Å². The number of nitrogens with one attached hydrogen (secondary N) is 2. The van der Waals surface area contributed by atoms with Gasteiger partial charge in [0.25, 0.3) is 0 Å². The van der Waals surface area contributed by atoms with E-state index in [4.69, 9.17) is 0 Å². The summed E-state index contributed by atoms with van der Waals surface area (Å²) in [4.78, 5) is 10.3. The van der Waals surface area contributed by atoms with Crippen LogP contribution in [0.5, 0.6) is 0 Å². The Bertz CT molecular complexity index is 667. The Morgan fingerprint density at radius 3 is 2.67 bits per heavy atom. The van der Waals surface area contributed by atoms with E-state index >= 15 is 0 Å². The highest BCUT2D eigenvalue weighted by Gasteiger charge is 2.06. The first-order valence-corrected chi connectivity index (χ1v) is 8.89. The van der Waals surface area contributed by atoms with Gasteiger partial charge < -0.3 is 10.6 Å². The molecule has 0 atom stereocenters. The lowest BCUT2D eigenvalue weighted by atomic mass is 10.1. The zero-order valence-corrected chi connectivity index (χ0v) is 18.0. The van der Waals surface area contributed by atoms with Gasteiger partial charge in [-0.2, -0.15) is 0 Å². The van der Waals surface area contributed by atoms with E-state index in [0.29, 0.717) is 0 Å². The number of aromatic nitrogens is 1. The van der Waals surface area contributed by atoms with E-state index in [1.807, 2.05) is 0 Å². The average Bonchev–Trinajstić information content (AvgIpc) is 2.90. The molecule has 1 heterocycles. The van der Waals surface area contributed by atoms with Crippen molar-refractivity contribution in [2.24, 2.45) is 4.99 Å². The Labute approximate surface area is 166 Å². The van der Waals surface area contributed by atoms with Crippen LogP contribution < -0.4 is 10.6 Å². The molecule has 0 bridgehead atoms. The number of hydrogen-bond acceptors (Lipinski definition) is 3. The van der Waals surface area contributed by atoms with Crippen molar-refractivity contribution in [3.05, 3.63) is 51.0 Å². The van der Waals surface area contributed by atoms with Crippen LogP contribution >= 0.6 is 35.3 Å². The Kier molecular flexibility index (Phi) is 9.28. The molecule has 24 heavy (non-hydrogen) atoms. The van der Waals surface area contributed by atoms with E-state index in [9.17, 15) is 0 Å². The Hall–Kier alpha value is -1.15. The van der Waals surface area contributed by atoms with Crippen LogP contribution in [-0.4, -0.2) is 24.5 Å². The van der Waals surface area contributed by atoms with Crippen molar-refractivity contribution < 1.29 is 0 Å². The van der Waals surface area contributed by atoms with Gasteiger partial charge in [-0.05, 0) is 25.8 Å². The first kappa shape index (κ1) is 20.9. The maximum absolute atomic E-state index is 4.67. The lowest BCUT2D eigenvalue weighted by molar-refractivity contribution is 0.789. The molecule has 6 heteroatoms. The maximum atomic E-state index is 4.67. The van der Waals surface area contributed by atoms with Crippen LogP contribution in [-0.2, 0) is 19.4 Å². The lowest BCUT2D eigenvalue weighted by Crippen LogP contribution is -2.37. The Morgan fingerprint density at radius 1 is 1.25 bits per heavy atom. The van der Waals surface area contributed by atoms with E-state index in [2.05, 4.69) is 65.6 Å². The van der Waals surface area contributed by atoms with Gasteiger partial charge >= 0.3 is 0 Å². The van der Waals surface area contributed by atoms with Gasteiger partial charge in [-0.25, -0.2) is 4.98 Å². The number of aryl methyl sites for hydroxylation is 3. The molecule has 2 N–H and O–H groups in total. The van der Waals surface area contributed by atoms with Crippen molar-refractivity contribution in [1.82, 2.24) is 15.6 Å². The van der Waals surface area contributed by atoms with Gasteiger partial charge in [-0.1, -0.05) is 36.8 Å². The third-order valence-electron chi connectivity index (χ3n) is 3.67. The van der Waals surface area contributed by atoms with E-state index in [1.54, 1.807) is 18.4 Å². The quantitative estimate of drug-likeness (QED) is 0.393. The van der Waals surface area contributed by atoms with Gasteiger partial charge in [0.2, 0.25) is 0 Å². The zero-order valence-electron chi connectivity index (χ0n) is 14.8. The normalized spacial score (nSPS) is 11.1. The highest BCUT2D eigenvalue weighted by molar-refractivity contribution is 14.0. The molecule has 0 radical (unpaired) electrons. The minimum atomic E-state index is 0. The van der Waals surface area contributed by atoms with E-state index in [1.165, 1.54) is 26.7 Å². The fourth-order valence-corrected chi connectivity index (χ4v) is 3.46. The van der Waals surface area contributed by atoms with Crippen molar-refractivity contribution >= 4 is 41.3 Å². The highest BCUT2D eigenvalue weighted by atomic mass is 127. The van der Waals surface area contributed by atoms with E-state index in [-0.39, 0.29) is 24.0 Å². The highest BCUT2D eigenvalue weighted by Crippen LogP contribution is 2.17. The molecule has 2 rings (SSSR count). The molecule has 4 nitrogen and oxygen atoms in total. The second-order valence-electron chi connectivity index (χ2n) is 5.56. The van der Waals surface area contributed by atoms with Gasteiger partial charge in [0.15, 0.2) is 5.96 Å². The molecule has 0 aliphatic heterocycles. The molecule has 0 saturated carbocycles. The van der Waals surface area contributed by atoms with Crippen molar-refractivity contribution in [3.8, 4) is 0 Å². The van der Waals surface area contributed by atoms with Gasteiger partial charge in [-0.3, -0.25) is 4.99 Å². The number of benzene rings is 1. The summed E-state index contributed by atoms with van der Waals surface area (Å²) >= 11 is 1.80. The van der Waals surface area contributed by atoms with Crippen LogP contribution in [0.4, 0.5) is 0 Å². The summed E-state index contributed by atoms with van der Waals surface area (Å²) in [6.45, 7) is 8.02. The van der Waals surface area contributed by atoms with Crippen LogP contribution in [0.1, 0.15) is 33.6 Å². The molecular weight excluding hydrogens is 431 g/mol. The monoisotopic (exact) mass is 458 g/mol. The molecule has 0 amide bonds. The van der Waals surface area contributed by atoms with Crippen molar-refractivity contribution in [2.75, 3.05) is 13.6 Å². The molecule has 0 aliphatic rings. The summed E-state index contributed by atoms with van der Waals surface area (Å²) in [5, 5.41) is 7.90. The summed E-state index contributed by atoms with van der Waals surface area (Å²) in [5.74, 6) is 0.829. The van der Waals surface area contributed by atoms with Gasteiger partial charge in [-0.15, -0.1) is 35.3 Å². The van der Waals surface area contributed by atoms with E-state index in [0.717, 1.165) is 31.9 Å². The molecule has 2 aromatic rings. The molecule has 0 spiro atoms. The van der Waals surface area contributed by atoms with Crippen LogP contribution in [0, 0.1) is 13.8 Å². The molecular formula is C18H27IN4S. The molecule has 0 unspecified atom stereocenters. The number of aliphatic imine (C=N–C) groups is 1. The van der Waals surface area contributed by atoms with Gasteiger partial charge in [0.1, 0.15) is 0 Å². The Balaban J connectivity index is 0.00000288. The molecule has 132 valence electrons. The number of thiazole rings is 1.